The van der Waals surface area contributed by atoms with Crippen LogP contribution < -0.4 is 4.74 Å². The second kappa shape index (κ2) is 3.35. The van der Waals surface area contributed by atoms with Crippen molar-refractivity contribution in [2.24, 2.45) is 0 Å². The van der Waals surface area contributed by atoms with Crippen molar-refractivity contribution in [1.29, 1.82) is 0 Å². The number of halogens is 1. The van der Waals surface area contributed by atoms with Crippen molar-refractivity contribution in [3.05, 3.63) is 28.9 Å². The molecule has 72 valence electrons. The van der Waals surface area contributed by atoms with Gasteiger partial charge < -0.3 is 9.72 Å². The largest absolute Gasteiger partial charge is 0.493 e. The molecule has 2 aromatic rings. The summed E-state index contributed by atoms with van der Waals surface area (Å²) in [7, 11) is 1.54. The summed E-state index contributed by atoms with van der Waals surface area (Å²) >= 11 is 5.92. The van der Waals surface area contributed by atoms with Crippen molar-refractivity contribution in [3.63, 3.8) is 0 Å². The van der Waals surface area contributed by atoms with Gasteiger partial charge in [0.15, 0.2) is 12.0 Å². The monoisotopic (exact) mass is 209 g/mol. The number of aldehydes is 1. The van der Waals surface area contributed by atoms with Gasteiger partial charge in [0.1, 0.15) is 0 Å². The van der Waals surface area contributed by atoms with Crippen molar-refractivity contribution >= 4 is 28.8 Å². The molecule has 0 saturated heterocycles. The van der Waals surface area contributed by atoms with Crippen molar-refractivity contribution in [2.75, 3.05) is 7.11 Å². The van der Waals surface area contributed by atoms with Gasteiger partial charge in [-0.1, -0.05) is 17.7 Å². The van der Waals surface area contributed by atoms with Crippen LogP contribution in [-0.4, -0.2) is 18.4 Å². The molecule has 0 saturated carbocycles. The zero-order valence-corrected chi connectivity index (χ0v) is 8.26. The number of carbonyl (C=O) groups excluding carboxylic acids is 1. The summed E-state index contributed by atoms with van der Waals surface area (Å²) in [5.41, 5.74) is 1.36. The maximum absolute atomic E-state index is 10.7. The SMILES string of the molecule is COc1c(Cl)ccc2c(C=O)c[nH]c12. The van der Waals surface area contributed by atoms with E-state index in [1.165, 1.54) is 0 Å². The Bertz CT molecular complexity index is 490. The zero-order valence-electron chi connectivity index (χ0n) is 7.50. The normalized spacial score (nSPS) is 10.4. The molecular formula is C10H8ClNO2. The molecule has 2 rings (SSSR count). The lowest BCUT2D eigenvalue weighted by Gasteiger charge is -2.03. The van der Waals surface area contributed by atoms with Gasteiger partial charge in [0.05, 0.1) is 17.6 Å². The van der Waals surface area contributed by atoms with Crippen LogP contribution in [0.5, 0.6) is 5.75 Å². The predicted octanol–water partition coefficient (Wildman–Crippen LogP) is 2.64. The predicted molar refractivity (Wildman–Crippen MR) is 55.2 cm³/mol. The van der Waals surface area contributed by atoms with E-state index >= 15 is 0 Å². The average Bonchev–Trinajstić information content (AvgIpc) is 2.60. The van der Waals surface area contributed by atoms with E-state index in [9.17, 15) is 4.79 Å². The highest BCUT2D eigenvalue weighted by atomic mass is 35.5. The smallest absolute Gasteiger partial charge is 0.161 e. The van der Waals surface area contributed by atoms with Gasteiger partial charge in [0, 0.05) is 17.1 Å². The van der Waals surface area contributed by atoms with Gasteiger partial charge in [-0.25, -0.2) is 0 Å². The van der Waals surface area contributed by atoms with Crippen molar-refractivity contribution in [1.82, 2.24) is 4.98 Å². The minimum Gasteiger partial charge on any atom is -0.493 e. The molecule has 0 aliphatic heterocycles. The molecule has 0 fully saturated rings. The van der Waals surface area contributed by atoms with Gasteiger partial charge in [-0.2, -0.15) is 0 Å². The Balaban J connectivity index is 2.83. The van der Waals surface area contributed by atoms with E-state index in [1.807, 2.05) is 0 Å². The first-order valence-electron chi connectivity index (χ1n) is 4.06. The third-order valence-electron chi connectivity index (χ3n) is 2.12. The van der Waals surface area contributed by atoms with Gasteiger partial charge in [-0.05, 0) is 6.07 Å². The first-order valence-corrected chi connectivity index (χ1v) is 4.44. The van der Waals surface area contributed by atoms with Crippen LogP contribution >= 0.6 is 11.6 Å². The molecule has 1 aromatic heterocycles. The summed E-state index contributed by atoms with van der Waals surface area (Å²) in [5.74, 6) is 0.567. The number of hydrogen-bond donors (Lipinski definition) is 1. The van der Waals surface area contributed by atoms with Gasteiger partial charge >= 0.3 is 0 Å². The van der Waals surface area contributed by atoms with Crippen LogP contribution in [0.1, 0.15) is 10.4 Å². The number of hydrogen-bond acceptors (Lipinski definition) is 2. The molecule has 1 heterocycles. The number of ether oxygens (including phenoxy) is 1. The Morgan fingerprint density at radius 1 is 1.50 bits per heavy atom. The summed E-state index contributed by atoms with van der Waals surface area (Å²) < 4.78 is 5.14. The molecule has 3 nitrogen and oxygen atoms in total. The van der Waals surface area contributed by atoms with Crippen LogP contribution in [0.2, 0.25) is 5.02 Å². The molecule has 14 heavy (non-hydrogen) atoms. The number of aromatic nitrogens is 1. The van der Waals surface area contributed by atoms with Crippen LogP contribution in [0, 0.1) is 0 Å². The summed E-state index contributed by atoms with van der Waals surface area (Å²) in [5, 5.41) is 1.35. The highest BCUT2D eigenvalue weighted by Gasteiger charge is 2.10. The van der Waals surface area contributed by atoms with Gasteiger partial charge in [0.25, 0.3) is 0 Å². The first-order chi connectivity index (χ1) is 6.77. The molecule has 0 amide bonds. The topological polar surface area (TPSA) is 42.1 Å². The molecule has 1 aromatic carbocycles. The number of H-pyrrole nitrogens is 1. The van der Waals surface area contributed by atoms with E-state index in [2.05, 4.69) is 4.98 Å². The molecular weight excluding hydrogens is 202 g/mol. The summed E-state index contributed by atoms with van der Waals surface area (Å²) in [4.78, 5) is 13.6. The van der Waals surface area contributed by atoms with Crippen LogP contribution in [0.25, 0.3) is 10.9 Å². The summed E-state index contributed by atoms with van der Waals surface area (Å²) in [6, 6.07) is 3.50. The third kappa shape index (κ3) is 1.17. The van der Waals surface area contributed by atoms with Crippen molar-refractivity contribution in [3.8, 4) is 5.75 Å². The fourth-order valence-electron chi connectivity index (χ4n) is 1.47. The zero-order chi connectivity index (χ0) is 10.1. The van der Waals surface area contributed by atoms with E-state index in [4.69, 9.17) is 16.3 Å². The molecule has 1 N–H and O–H groups in total. The minimum absolute atomic E-state index is 0.527. The maximum Gasteiger partial charge on any atom is 0.161 e. The maximum atomic E-state index is 10.7. The Hall–Kier alpha value is -1.48. The molecule has 4 heteroatoms. The van der Waals surface area contributed by atoms with Crippen molar-refractivity contribution < 1.29 is 9.53 Å². The Labute approximate surface area is 85.6 Å². The molecule has 0 spiro atoms. The number of benzene rings is 1. The van der Waals surface area contributed by atoms with E-state index in [1.54, 1.807) is 25.4 Å². The number of aromatic amines is 1. The molecule has 0 atom stereocenters. The third-order valence-corrected chi connectivity index (χ3v) is 2.42. The van der Waals surface area contributed by atoms with E-state index in [-0.39, 0.29) is 0 Å². The highest BCUT2D eigenvalue weighted by molar-refractivity contribution is 6.33. The van der Waals surface area contributed by atoms with Crippen LogP contribution in [0.3, 0.4) is 0 Å². The van der Waals surface area contributed by atoms with E-state index in [0.29, 0.717) is 16.3 Å². The molecule has 0 bridgehead atoms. The highest BCUT2D eigenvalue weighted by Crippen LogP contribution is 2.33. The number of carbonyl (C=O) groups is 1. The number of fused-ring (bicyclic) bond motifs is 1. The Kier molecular flexibility index (Phi) is 2.17. The molecule has 0 aliphatic carbocycles. The van der Waals surface area contributed by atoms with E-state index < -0.39 is 0 Å². The van der Waals surface area contributed by atoms with Crippen molar-refractivity contribution in [2.45, 2.75) is 0 Å². The van der Waals surface area contributed by atoms with Gasteiger partial charge in [-0.3, -0.25) is 4.79 Å². The van der Waals surface area contributed by atoms with Gasteiger partial charge in [0.2, 0.25) is 0 Å². The van der Waals surface area contributed by atoms with Crippen LogP contribution in [-0.2, 0) is 0 Å². The lowest BCUT2D eigenvalue weighted by Crippen LogP contribution is -1.85. The van der Waals surface area contributed by atoms with Gasteiger partial charge in [-0.15, -0.1) is 0 Å². The van der Waals surface area contributed by atoms with Crippen LogP contribution in [0.4, 0.5) is 0 Å². The van der Waals surface area contributed by atoms with E-state index in [0.717, 1.165) is 17.2 Å². The quantitative estimate of drug-likeness (QED) is 0.773. The molecule has 0 aliphatic rings. The second-order valence-corrected chi connectivity index (χ2v) is 3.27. The average molecular weight is 210 g/mol. The minimum atomic E-state index is 0.527. The number of nitrogens with one attached hydrogen (secondary N) is 1. The van der Waals surface area contributed by atoms with Crippen LogP contribution in [0.15, 0.2) is 18.3 Å². The Morgan fingerprint density at radius 2 is 2.29 bits per heavy atom. The lowest BCUT2D eigenvalue weighted by molar-refractivity contribution is 0.112. The number of methoxy groups -OCH3 is 1. The fourth-order valence-corrected chi connectivity index (χ4v) is 1.70. The summed E-state index contributed by atoms with van der Waals surface area (Å²) in [6.07, 6.45) is 2.43. The Morgan fingerprint density at radius 3 is 2.93 bits per heavy atom. The first kappa shape index (κ1) is 9.09. The fraction of sp³-hybridized carbons (Fsp3) is 0.100. The number of rotatable bonds is 2. The molecule has 0 unspecified atom stereocenters. The molecule has 0 radical (unpaired) electrons. The summed E-state index contributed by atoms with van der Waals surface area (Å²) in [6.45, 7) is 0. The standard InChI is InChI=1S/C10H8ClNO2/c1-14-10-8(11)3-2-7-6(5-13)4-12-9(7)10/h2-5,12H,1H3. The second-order valence-electron chi connectivity index (χ2n) is 2.87. The lowest BCUT2D eigenvalue weighted by atomic mass is 10.2.